The summed E-state index contributed by atoms with van der Waals surface area (Å²) in [5.74, 6) is -0.735. The topological polar surface area (TPSA) is 99.2 Å². The van der Waals surface area contributed by atoms with E-state index in [9.17, 15) is 19.5 Å². The second-order valence-corrected chi connectivity index (χ2v) is 9.81. The molecule has 39 heavy (non-hydrogen) atoms. The molecule has 1 saturated heterocycles. The number of likely N-dealkylation sites (N-methyl/N-ethyl adjacent to an activating group) is 1. The van der Waals surface area contributed by atoms with Crippen molar-refractivity contribution < 1.29 is 24.2 Å². The van der Waals surface area contributed by atoms with Gasteiger partial charge in [-0.25, -0.2) is 9.59 Å². The molecule has 3 amide bonds. The highest BCUT2D eigenvalue weighted by Gasteiger charge is 2.37. The van der Waals surface area contributed by atoms with Crippen LogP contribution in [0.3, 0.4) is 0 Å². The first kappa shape index (κ1) is 27.9. The van der Waals surface area contributed by atoms with Crippen LogP contribution in [0.4, 0.5) is 4.79 Å². The molecule has 1 fully saturated rings. The zero-order valence-corrected chi connectivity index (χ0v) is 22.1. The molecule has 0 saturated carbocycles. The maximum atomic E-state index is 13.3. The summed E-state index contributed by atoms with van der Waals surface area (Å²) in [4.78, 5) is 42.0. The van der Waals surface area contributed by atoms with Crippen molar-refractivity contribution in [2.24, 2.45) is 0 Å². The normalized spacial score (nSPS) is 16.3. The molecule has 1 heterocycles. The van der Waals surface area contributed by atoms with E-state index in [1.54, 1.807) is 31.3 Å². The van der Waals surface area contributed by atoms with Crippen LogP contribution < -0.4 is 5.32 Å². The Morgan fingerprint density at radius 3 is 2.18 bits per heavy atom. The Labute approximate surface area is 229 Å². The maximum absolute atomic E-state index is 13.3. The number of urea groups is 1. The van der Waals surface area contributed by atoms with E-state index in [0.717, 1.165) is 11.1 Å². The van der Waals surface area contributed by atoms with Gasteiger partial charge in [-0.1, -0.05) is 78.9 Å². The summed E-state index contributed by atoms with van der Waals surface area (Å²) in [6, 6.07) is 26.1. The van der Waals surface area contributed by atoms with Crippen molar-refractivity contribution in [2.45, 2.75) is 44.1 Å². The first-order valence-corrected chi connectivity index (χ1v) is 13.2. The zero-order chi connectivity index (χ0) is 27.6. The molecule has 0 aromatic heterocycles. The fraction of sp³-hybridized carbons (Fsp3) is 0.323. The van der Waals surface area contributed by atoms with Crippen molar-refractivity contribution in [1.82, 2.24) is 15.1 Å². The van der Waals surface area contributed by atoms with Gasteiger partial charge in [-0.15, -0.1) is 0 Å². The second kappa shape index (κ2) is 13.6. The Hall–Kier alpha value is -4.17. The minimum absolute atomic E-state index is 0.0202. The first-order valence-electron chi connectivity index (χ1n) is 13.2. The highest BCUT2D eigenvalue weighted by molar-refractivity contribution is 5.94. The van der Waals surface area contributed by atoms with Gasteiger partial charge in [0, 0.05) is 19.2 Å². The van der Waals surface area contributed by atoms with Crippen LogP contribution in [0, 0.1) is 0 Å². The number of aliphatic hydroxyl groups excluding tert-OH is 1. The van der Waals surface area contributed by atoms with Crippen LogP contribution >= 0.6 is 0 Å². The van der Waals surface area contributed by atoms with Crippen LogP contribution in [0.1, 0.15) is 34.3 Å². The Morgan fingerprint density at radius 2 is 1.54 bits per heavy atom. The van der Waals surface area contributed by atoms with Crippen molar-refractivity contribution in [1.29, 1.82) is 0 Å². The molecule has 8 heteroatoms. The Morgan fingerprint density at radius 1 is 0.949 bits per heavy atom. The lowest BCUT2D eigenvalue weighted by Gasteiger charge is -2.32. The Balaban J connectivity index is 1.39. The van der Waals surface area contributed by atoms with Gasteiger partial charge in [0.05, 0.1) is 18.7 Å². The molecular weight excluding hydrogens is 494 g/mol. The van der Waals surface area contributed by atoms with Crippen molar-refractivity contribution in [3.63, 3.8) is 0 Å². The standard InChI is InChI=1S/C31H35N3O5/c1-33(31(38)34-19-11-18-27(34)30(37)39-22-24-14-7-3-8-15-24)21-28(35)26(20-23-12-5-2-6-13-23)32-29(36)25-16-9-4-10-17-25/h2-10,12-17,26-28,35H,11,18-22H2,1H3,(H,32,36)/t26-,27-,28?/m0/s1. The molecule has 3 aromatic rings. The van der Waals surface area contributed by atoms with Crippen molar-refractivity contribution >= 4 is 17.9 Å². The van der Waals surface area contributed by atoms with E-state index in [-0.39, 0.29) is 25.1 Å². The molecule has 4 rings (SSSR count). The molecule has 0 spiro atoms. The lowest BCUT2D eigenvalue weighted by molar-refractivity contribution is -0.149. The average Bonchev–Trinajstić information content (AvgIpc) is 3.47. The van der Waals surface area contributed by atoms with Crippen LogP contribution in [-0.2, 0) is 22.6 Å². The highest BCUT2D eigenvalue weighted by Crippen LogP contribution is 2.21. The molecule has 2 N–H and O–H groups in total. The van der Waals surface area contributed by atoms with Crippen LogP contribution in [0.15, 0.2) is 91.0 Å². The van der Waals surface area contributed by atoms with Crippen molar-refractivity contribution in [3.8, 4) is 0 Å². The van der Waals surface area contributed by atoms with E-state index in [4.69, 9.17) is 4.74 Å². The summed E-state index contributed by atoms with van der Waals surface area (Å²) in [6.07, 6.45) is 0.565. The molecule has 3 aromatic carbocycles. The van der Waals surface area contributed by atoms with Crippen LogP contribution in [0.2, 0.25) is 0 Å². The summed E-state index contributed by atoms with van der Waals surface area (Å²) in [5.41, 5.74) is 2.31. The Bertz CT molecular complexity index is 1220. The van der Waals surface area contributed by atoms with Crippen LogP contribution in [0.5, 0.6) is 0 Å². The third-order valence-electron chi connectivity index (χ3n) is 6.90. The van der Waals surface area contributed by atoms with Gasteiger partial charge in [0.25, 0.3) is 5.91 Å². The van der Waals surface area contributed by atoms with Gasteiger partial charge < -0.3 is 25.0 Å². The average molecular weight is 530 g/mol. The number of ether oxygens (including phenoxy) is 1. The van der Waals surface area contributed by atoms with E-state index < -0.39 is 24.2 Å². The number of nitrogens with one attached hydrogen (secondary N) is 1. The number of carbonyl (C=O) groups is 3. The number of nitrogens with zero attached hydrogens (tertiary/aromatic N) is 2. The van der Waals surface area contributed by atoms with Crippen LogP contribution in [-0.4, -0.2) is 71.1 Å². The number of rotatable bonds is 10. The fourth-order valence-corrected chi connectivity index (χ4v) is 4.76. The molecule has 8 nitrogen and oxygen atoms in total. The second-order valence-electron chi connectivity index (χ2n) is 9.81. The lowest BCUT2D eigenvalue weighted by Crippen LogP contribution is -2.53. The number of hydrogen-bond donors (Lipinski definition) is 2. The molecule has 0 radical (unpaired) electrons. The molecular formula is C31H35N3O5. The molecule has 1 aliphatic heterocycles. The van der Waals surface area contributed by atoms with Crippen molar-refractivity contribution in [3.05, 3.63) is 108 Å². The largest absolute Gasteiger partial charge is 0.459 e. The van der Waals surface area contributed by atoms with Gasteiger partial charge in [0.2, 0.25) is 0 Å². The van der Waals surface area contributed by atoms with Gasteiger partial charge in [-0.3, -0.25) is 4.79 Å². The molecule has 3 atom stereocenters. The summed E-state index contributed by atoms with van der Waals surface area (Å²) >= 11 is 0. The fourth-order valence-electron chi connectivity index (χ4n) is 4.76. The first-order chi connectivity index (χ1) is 18.9. The number of hydrogen-bond acceptors (Lipinski definition) is 5. The molecule has 0 bridgehead atoms. The van der Waals surface area contributed by atoms with Gasteiger partial charge in [-0.05, 0) is 42.5 Å². The monoisotopic (exact) mass is 529 g/mol. The van der Waals surface area contributed by atoms with Crippen molar-refractivity contribution in [2.75, 3.05) is 20.1 Å². The third-order valence-corrected chi connectivity index (χ3v) is 6.90. The summed E-state index contributed by atoms with van der Waals surface area (Å²) in [7, 11) is 1.59. The van der Waals surface area contributed by atoms with E-state index in [2.05, 4.69) is 5.32 Å². The maximum Gasteiger partial charge on any atom is 0.329 e. The Kier molecular flexibility index (Phi) is 9.69. The molecule has 0 aliphatic carbocycles. The number of amides is 3. The zero-order valence-electron chi connectivity index (χ0n) is 22.1. The summed E-state index contributed by atoms with van der Waals surface area (Å²) in [5, 5.41) is 14.1. The minimum atomic E-state index is -1.04. The SMILES string of the molecule is CN(CC(O)[C@H](Cc1ccccc1)NC(=O)c1ccccc1)C(=O)N1CCC[C@H]1C(=O)OCc1ccccc1. The summed E-state index contributed by atoms with van der Waals surface area (Å²) < 4.78 is 5.50. The van der Waals surface area contributed by atoms with E-state index >= 15 is 0 Å². The van der Waals surface area contributed by atoms with Gasteiger partial charge in [0.1, 0.15) is 12.6 Å². The molecule has 1 aliphatic rings. The van der Waals surface area contributed by atoms with E-state index in [0.29, 0.717) is 31.4 Å². The van der Waals surface area contributed by atoms with Gasteiger partial charge in [0.15, 0.2) is 0 Å². The van der Waals surface area contributed by atoms with Crippen LogP contribution in [0.25, 0.3) is 0 Å². The van der Waals surface area contributed by atoms with E-state index in [1.807, 2.05) is 66.7 Å². The van der Waals surface area contributed by atoms with Gasteiger partial charge >= 0.3 is 12.0 Å². The number of benzene rings is 3. The quantitative estimate of drug-likeness (QED) is 0.391. The number of likely N-dealkylation sites (tertiary alicyclic amines) is 1. The predicted molar refractivity (Wildman–Crippen MR) is 148 cm³/mol. The summed E-state index contributed by atoms with van der Waals surface area (Å²) in [6.45, 7) is 0.561. The van der Waals surface area contributed by atoms with E-state index in [1.165, 1.54) is 9.80 Å². The third kappa shape index (κ3) is 7.67. The number of esters is 1. The smallest absolute Gasteiger partial charge is 0.329 e. The highest BCUT2D eigenvalue weighted by atomic mass is 16.5. The molecule has 204 valence electrons. The number of aliphatic hydroxyl groups is 1. The number of carbonyl (C=O) groups excluding carboxylic acids is 3. The molecule has 1 unspecified atom stereocenters. The van der Waals surface area contributed by atoms with Gasteiger partial charge in [-0.2, -0.15) is 0 Å². The minimum Gasteiger partial charge on any atom is -0.459 e. The predicted octanol–water partition coefficient (Wildman–Crippen LogP) is 3.65. The lowest BCUT2D eigenvalue weighted by atomic mass is 10.00.